The van der Waals surface area contributed by atoms with Gasteiger partial charge in [-0.1, -0.05) is 17.8 Å². The fraction of sp³-hybridized carbons (Fsp3) is 0.176. The number of hydrogen-bond acceptors (Lipinski definition) is 5. The van der Waals surface area contributed by atoms with Crippen molar-refractivity contribution in [2.45, 2.75) is 24.1 Å². The Bertz CT molecular complexity index is 820. The van der Waals surface area contributed by atoms with Gasteiger partial charge in [0.25, 0.3) is 0 Å². The molecule has 0 aromatic carbocycles. The number of carbonyl (C=O) groups is 1. The quantitative estimate of drug-likeness (QED) is 0.697. The summed E-state index contributed by atoms with van der Waals surface area (Å²) in [6.45, 7) is 3.77. The largest absolute Gasteiger partial charge is 0.308 e. The van der Waals surface area contributed by atoms with Crippen LogP contribution in [0.15, 0.2) is 53.9 Å². The van der Waals surface area contributed by atoms with Gasteiger partial charge in [-0.05, 0) is 38.1 Å². The predicted molar refractivity (Wildman–Crippen MR) is 94.7 cm³/mol. The third-order valence-electron chi connectivity index (χ3n) is 3.52. The van der Waals surface area contributed by atoms with Gasteiger partial charge in [0.2, 0.25) is 5.91 Å². The van der Waals surface area contributed by atoms with Crippen LogP contribution in [0.4, 0.5) is 5.82 Å². The standard InChI is InChI=1S/C17H17N5OS/c1-11-15(13-6-9-18-10-7-13)21-22-16(11)20-17(23)12(2)24-14-5-3-4-8-19-14/h3-10,12H,1-2H3,(H2,20,21,22,23). The van der Waals surface area contributed by atoms with E-state index in [4.69, 9.17) is 0 Å². The SMILES string of the molecule is Cc1c(NC(=O)C(C)Sc2ccccn2)n[nH]c1-c1ccncc1. The van der Waals surface area contributed by atoms with Gasteiger partial charge in [-0.15, -0.1) is 0 Å². The second-order valence-electron chi connectivity index (χ2n) is 5.23. The van der Waals surface area contributed by atoms with Crippen LogP contribution in [0, 0.1) is 6.92 Å². The van der Waals surface area contributed by atoms with Crippen molar-refractivity contribution < 1.29 is 4.79 Å². The summed E-state index contributed by atoms with van der Waals surface area (Å²) >= 11 is 1.41. The van der Waals surface area contributed by atoms with Crippen LogP contribution >= 0.6 is 11.8 Å². The average Bonchev–Trinajstić information content (AvgIpc) is 2.97. The Balaban J connectivity index is 1.70. The summed E-state index contributed by atoms with van der Waals surface area (Å²) in [4.78, 5) is 20.6. The van der Waals surface area contributed by atoms with E-state index in [9.17, 15) is 4.79 Å². The van der Waals surface area contributed by atoms with Crippen LogP contribution in [-0.4, -0.2) is 31.3 Å². The summed E-state index contributed by atoms with van der Waals surface area (Å²) in [5.74, 6) is 0.432. The molecule has 0 saturated carbocycles. The monoisotopic (exact) mass is 339 g/mol. The van der Waals surface area contributed by atoms with Crippen LogP contribution in [0.2, 0.25) is 0 Å². The van der Waals surface area contributed by atoms with Gasteiger partial charge in [0, 0.05) is 29.7 Å². The summed E-state index contributed by atoms with van der Waals surface area (Å²) in [5, 5.41) is 10.6. The van der Waals surface area contributed by atoms with Crippen molar-refractivity contribution in [3.63, 3.8) is 0 Å². The van der Waals surface area contributed by atoms with Crippen molar-refractivity contribution in [1.82, 2.24) is 20.2 Å². The molecule has 2 N–H and O–H groups in total. The van der Waals surface area contributed by atoms with Crippen LogP contribution < -0.4 is 5.32 Å². The minimum Gasteiger partial charge on any atom is -0.308 e. The number of rotatable bonds is 5. The number of aromatic amines is 1. The van der Waals surface area contributed by atoms with Crippen LogP contribution in [0.1, 0.15) is 12.5 Å². The van der Waals surface area contributed by atoms with Crippen LogP contribution in [0.3, 0.4) is 0 Å². The van der Waals surface area contributed by atoms with E-state index in [-0.39, 0.29) is 11.2 Å². The molecule has 3 heterocycles. The van der Waals surface area contributed by atoms with Gasteiger partial charge in [0.05, 0.1) is 16.0 Å². The van der Waals surface area contributed by atoms with Crippen molar-refractivity contribution >= 4 is 23.5 Å². The van der Waals surface area contributed by atoms with Gasteiger partial charge in [-0.25, -0.2) is 4.98 Å². The summed E-state index contributed by atoms with van der Waals surface area (Å²) in [6, 6.07) is 9.43. The Morgan fingerprint density at radius 2 is 2.00 bits per heavy atom. The Morgan fingerprint density at radius 1 is 1.21 bits per heavy atom. The third kappa shape index (κ3) is 3.62. The molecule has 24 heavy (non-hydrogen) atoms. The molecule has 0 aliphatic heterocycles. The molecule has 0 spiro atoms. The number of aromatic nitrogens is 4. The maximum absolute atomic E-state index is 12.4. The van der Waals surface area contributed by atoms with Crippen LogP contribution in [0.25, 0.3) is 11.3 Å². The molecular weight excluding hydrogens is 322 g/mol. The number of pyridine rings is 2. The molecule has 6 nitrogen and oxygen atoms in total. The minimum atomic E-state index is -0.277. The highest BCUT2D eigenvalue weighted by atomic mass is 32.2. The first-order chi connectivity index (χ1) is 11.6. The van der Waals surface area contributed by atoms with E-state index in [1.807, 2.05) is 44.2 Å². The fourth-order valence-corrected chi connectivity index (χ4v) is 3.00. The zero-order chi connectivity index (χ0) is 16.9. The normalized spacial score (nSPS) is 11.9. The van der Waals surface area contributed by atoms with E-state index >= 15 is 0 Å². The number of H-pyrrole nitrogens is 1. The highest BCUT2D eigenvalue weighted by molar-refractivity contribution is 8.00. The van der Waals surface area contributed by atoms with E-state index in [0.29, 0.717) is 5.82 Å². The summed E-state index contributed by atoms with van der Waals surface area (Å²) in [6.07, 6.45) is 5.16. The van der Waals surface area contributed by atoms with Crippen molar-refractivity contribution in [3.8, 4) is 11.3 Å². The number of carbonyl (C=O) groups excluding carboxylic acids is 1. The first-order valence-electron chi connectivity index (χ1n) is 7.49. The van der Waals surface area contributed by atoms with E-state index < -0.39 is 0 Å². The van der Waals surface area contributed by atoms with Gasteiger partial charge >= 0.3 is 0 Å². The second kappa shape index (κ2) is 7.27. The lowest BCUT2D eigenvalue weighted by molar-refractivity contribution is -0.115. The molecular formula is C17H17N5OS. The lowest BCUT2D eigenvalue weighted by Crippen LogP contribution is -2.23. The number of thioether (sulfide) groups is 1. The molecule has 7 heteroatoms. The smallest absolute Gasteiger partial charge is 0.238 e. The molecule has 122 valence electrons. The molecule has 0 aliphatic rings. The topological polar surface area (TPSA) is 83.6 Å². The van der Waals surface area contributed by atoms with Crippen LogP contribution in [0.5, 0.6) is 0 Å². The zero-order valence-electron chi connectivity index (χ0n) is 13.4. The van der Waals surface area contributed by atoms with Crippen molar-refractivity contribution in [2.75, 3.05) is 5.32 Å². The van der Waals surface area contributed by atoms with Gasteiger partial charge in [-0.3, -0.25) is 14.9 Å². The van der Waals surface area contributed by atoms with Gasteiger partial charge in [0.15, 0.2) is 5.82 Å². The highest BCUT2D eigenvalue weighted by Crippen LogP contribution is 2.26. The first kappa shape index (κ1) is 16.2. The van der Waals surface area contributed by atoms with Crippen molar-refractivity contribution in [2.24, 2.45) is 0 Å². The molecule has 0 fully saturated rings. The molecule has 1 unspecified atom stereocenters. The van der Waals surface area contributed by atoms with E-state index in [1.54, 1.807) is 18.6 Å². The lowest BCUT2D eigenvalue weighted by Gasteiger charge is -2.10. The molecule has 0 saturated heterocycles. The van der Waals surface area contributed by atoms with Gasteiger partial charge in [-0.2, -0.15) is 5.10 Å². The summed E-state index contributed by atoms with van der Waals surface area (Å²) in [5.41, 5.74) is 2.74. The minimum absolute atomic E-state index is 0.110. The Labute approximate surface area is 144 Å². The van der Waals surface area contributed by atoms with E-state index in [1.165, 1.54) is 11.8 Å². The Kier molecular flexibility index (Phi) is 4.90. The molecule has 1 amide bonds. The Hall–Kier alpha value is -2.67. The first-order valence-corrected chi connectivity index (χ1v) is 8.37. The Morgan fingerprint density at radius 3 is 2.71 bits per heavy atom. The van der Waals surface area contributed by atoms with Crippen molar-refractivity contribution in [1.29, 1.82) is 0 Å². The summed E-state index contributed by atoms with van der Waals surface area (Å²) in [7, 11) is 0. The highest BCUT2D eigenvalue weighted by Gasteiger charge is 2.18. The summed E-state index contributed by atoms with van der Waals surface area (Å²) < 4.78 is 0. The van der Waals surface area contributed by atoms with Gasteiger partial charge in [0.1, 0.15) is 0 Å². The number of nitrogens with one attached hydrogen (secondary N) is 2. The molecule has 0 radical (unpaired) electrons. The number of anilines is 1. The zero-order valence-corrected chi connectivity index (χ0v) is 14.2. The number of hydrogen-bond donors (Lipinski definition) is 2. The van der Waals surface area contributed by atoms with Crippen LogP contribution in [-0.2, 0) is 4.79 Å². The van der Waals surface area contributed by atoms with Gasteiger partial charge < -0.3 is 5.32 Å². The molecule has 1 atom stereocenters. The number of amides is 1. The van der Waals surface area contributed by atoms with E-state index in [2.05, 4.69) is 25.5 Å². The maximum Gasteiger partial charge on any atom is 0.238 e. The maximum atomic E-state index is 12.4. The average molecular weight is 339 g/mol. The predicted octanol–water partition coefficient (Wildman–Crippen LogP) is 3.29. The lowest BCUT2D eigenvalue weighted by atomic mass is 10.1. The second-order valence-corrected chi connectivity index (χ2v) is 6.59. The molecule has 3 aromatic rings. The molecule has 0 bridgehead atoms. The third-order valence-corrected chi connectivity index (χ3v) is 4.58. The molecule has 3 aromatic heterocycles. The number of nitrogens with zero attached hydrogens (tertiary/aromatic N) is 3. The van der Waals surface area contributed by atoms with Crippen molar-refractivity contribution in [3.05, 3.63) is 54.5 Å². The fourth-order valence-electron chi connectivity index (χ4n) is 2.19. The molecule has 0 aliphatic carbocycles. The van der Waals surface area contributed by atoms with E-state index in [0.717, 1.165) is 21.8 Å². The molecule has 3 rings (SSSR count).